The van der Waals surface area contributed by atoms with E-state index in [0.717, 1.165) is 77.0 Å². The normalized spacial score (nSPS) is 26.9. The highest BCUT2D eigenvalue weighted by Crippen LogP contribution is 2.26. The summed E-state index contributed by atoms with van der Waals surface area (Å²) in [5, 5.41) is 72.1. The molecule has 0 aliphatic carbocycles. The highest BCUT2D eigenvalue weighted by atomic mass is 16.7. The van der Waals surface area contributed by atoms with Crippen molar-refractivity contribution in [1.82, 2.24) is 0 Å². The zero-order valence-corrected chi connectivity index (χ0v) is 40.2. The van der Waals surface area contributed by atoms with Gasteiger partial charge in [0.2, 0.25) is 0 Å². The minimum absolute atomic E-state index is 0.0165. The summed E-state index contributed by atoms with van der Waals surface area (Å²) in [5.41, 5.74) is 0. The van der Waals surface area contributed by atoms with E-state index in [0.29, 0.717) is 13.0 Å². The fourth-order valence-corrected chi connectivity index (χ4v) is 7.38. The standard InChI is InChI=1S/C52H88O14/c1-3-5-7-9-11-13-15-17-19-20-21-22-23-25-27-29-31-33-35-44(54)64-41(38-61-36-34-32-30-28-26-24-18-16-14-12-10-8-6-4-2)39-62-51-50(60)48(58)46(56)43(66-51)40-63-52-49(59)47(57)45(55)42(37-53)65-52/h6,8,12-15,18-20,24,28,30,41-43,45-53,55-60H,3-5,7,9-11,16-17,21-23,25-27,29,31-40H2,1-2H3/b8-6-,14-12-,15-13-,20-19-,24-18-,30-28-. The van der Waals surface area contributed by atoms with Crippen LogP contribution in [0.4, 0.5) is 0 Å². The maximum Gasteiger partial charge on any atom is 0.306 e. The Morgan fingerprint density at radius 2 is 0.985 bits per heavy atom. The van der Waals surface area contributed by atoms with Gasteiger partial charge in [0.05, 0.1) is 26.4 Å². The highest BCUT2D eigenvalue weighted by molar-refractivity contribution is 5.69. The Labute approximate surface area is 396 Å². The Hall–Kier alpha value is -2.57. The van der Waals surface area contributed by atoms with E-state index in [1.54, 1.807) is 0 Å². The van der Waals surface area contributed by atoms with Crippen LogP contribution < -0.4 is 0 Å². The molecular formula is C52H88O14. The number of rotatable bonds is 38. The first-order valence-corrected chi connectivity index (χ1v) is 25.0. The molecular weight excluding hydrogens is 849 g/mol. The van der Waals surface area contributed by atoms with Gasteiger partial charge in [0.25, 0.3) is 0 Å². The molecule has 0 bridgehead atoms. The van der Waals surface area contributed by atoms with Crippen molar-refractivity contribution in [3.63, 3.8) is 0 Å². The zero-order chi connectivity index (χ0) is 48.0. The lowest BCUT2D eigenvalue weighted by Crippen LogP contribution is -2.61. The first-order chi connectivity index (χ1) is 32.1. The zero-order valence-electron chi connectivity index (χ0n) is 40.2. The van der Waals surface area contributed by atoms with Crippen LogP contribution >= 0.6 is 0 Å². The highest BCUT2D eigenvalue weighted by Gasteiger charge is 2.47. The summed E-state index contributed by atoms with van der Waals surface area (Å²) in [6.07, 6.45) is 31.2. The maximum absolute atomic E-state index is 13.0. The van der Waals surface area contributed by atoms with Crippen molar-refractivity contribution in [1.29, 1.82) is 0 Å². The largest absolute Gasteiger partial charge is 0.457 e. The molecule has 66 heavy (non-hydrogen) atoms. The van der Waals surface area contributed by atoms with Crippen molar-refractivity contribution in [3.05, 3.63) is 72.9 Å². The van der Waals surface area contributed by atoms with Crippen LogP contribution in [0, 0.1) is 0 Å². The fourth-order valence-electron chi connectivity index (χ4n) is 7.38. The van der Waals surface area contributed by atoms with Gasteiger partial charge >= 0.3 is 5.97 Å². The molecule has 14 heteroatoms. The van der Waals surface area contributed by atoms with Crippen LogP contribution in [-0.4, -0.2) is 142 Å². The van der Waals surface area contributed by atoms with Crippen LogP contribution in [0.1, 0.15) is 149 Å². The maximum atomic E-state index is 13.0. The van der Waals surface area contributed by atoms with Crippen LogP contribution in [0.3, 0.4) is 0 Å². The van der Waals surface area contributed by atoms with Crippen molar-refractivity contribution < 1.29 is 69.0 Å². The van der Waals surface area contributed by atoms with Crippen molar-refractivity contribution in [2.24, 2.45) is 0 Å². The monoisotopic (exact) mass is 937 g/mol. The van der Waals surface area contributed by atoms with Gasteiger partial charge in [0.15, 0.2) is 12.6 Å². The number of esters is 1. The second-order valence-corrected chi connectivity index (χ2v) is 17.3. The number of carbonyl (C=O) groups excluding carboxylic acids is 1. The van der Waals surface area contributed by atoms with Gasteiger partial charge in [-0.25, -0.2) is 0 Å². The average Bonchev–Trinajstić information content (AvgIpc) is 3.31. The smallest absolute Gasteiger partial charge is 0.306 e. The van der Waals surface area contributed by atoms with E-state index in [1.807, 2.05) is 0 Å². The number of ether oxygens (including phenoxy) is 6. The van der Waals surface area contributed by atoms with E-state index in [2.05, 4.69) is 86.8 Å². The lowest BCUT2D eigenvalue weighted by molar-refractivity contribution is -0.332. The Morgan fingerprint density at radius 1 is 0.515 bits per heavy atom. The van der Waals surface area contributed by atoms with E-state index >= 15 is 0 Å². The van der Waals surface area contributed by atoms with Gasteiger partial charge in [0.1, 0.15) is 54.9 Å². The first-order valence-electron chi connectivity index (χ1n) is 25.0. The molecule has 11 atom stereocenters. The number of aliphatic hydroxyl groups excluding tert-OH is 7. The van der Waals surface area contributed by atoms with E-state index in [-0.39, 0.29) is 19.6 Å². The molecule has 2 heterocycles. The van der Waals surface area contributed by atoms with Gasteiger partial charge in [-0.2, -0.15) is 0 Å². The molecule has 0 aromatic heterocycles. The molecule has 0 spiro atoms. The van der Waals surface area contributed by atoms with Crippen LogP contribution in [-0.2, 0) is 33.2 Å². The summed E-state index contributed by atoms with van der Waals surface area (Å²) >= 11 is 0. The molecule has 0 aromatic carbocycles. The Morgan fingerprint density at radius 3 is 1.55 bits per heavy atom. The van der Waals surface area contributed by atoms with Crippen LogP contribution in [0.15, 0.2) is 72.9 Å². The molecule has 0 aromatic rings. The summed E-state index contributed by atoms with van der Waals surface area (Å²) in [6.45, 7) is 3.37. The number of allylic oxidation sites excluding steroid dienone is 12. The third-order valence-electron chi connectivity index (χ3n) is 11.4. The van der Waals surface area contributed by atoms with Gasteiger partial charge in [-0.05, 0) is 77.0 Å². The van der Waals surface area contributed by atoms with Crippen molar-refractivity contribution >= 4 is 5.97 Å². The van der Waals surface area contributed by atoms with Gasteiger partial charge in [-0.1, -0.05) is 138 Å². The quantitative estimate of drug-likeness (QED) is 0.0187. The van der Waals surface area contributed by atoms with Crippen molar-refractivity contribution in [3.8, 4) is 0 Å². The predicted octanol–water partition coefficient (Wildman–Crippen LogP) is 7.12. The van der Waals surface area contributed by atoms with E-state index in [4.69, 9.17) is 28.4 Å². The number of carbonyl (C=O) groups is 1. The molecule has 2 fully saturated rings. The summed E-state index contributed by atoms with van der Waals surface area (Å²) < 4.78 is 34.1. The van der Waals surface area contributed by atoms with Crippen LogP contribution in [0.5, 0.6) is 0 Å². The molecule has 7 N–H and O–H groups in total. The van der Waals surface area contributed by atoms with Crippen LogP contribution in [0.2, 0.25) is 0 Å². The summed E-state index contributed by atoms with van der Waals surface area (Å²) in [7, 11) is 0. The van der Waals surface area contributed by atoms with Gasteiger partial charge in [-0.15, -0.1) is 0 Å². The van der Waals surface area contributed by atoms with E-state index < -0.39 is 86.7 Å². The van der Waals surface area contributed by atoms with Crippen molar-refractivity contribution in [2.45, 2.75) is 216 Å². The number of aliphatic hydroxyl groups is 7. The number of unbranched alkanes of at least 4 members (excludes halogenated alkanes) is 12. The van der Waals surface area contributed by atoms with Crippen molar-refractivity contribution in [2.75, 3.05) is 33.0 Å². The molecule has 14 nitrogen and oxygen atoms in total. The predicted molar refractivity (Wildman–Crippen MR) is 256 cm³/mol. The van der Waals surface area contributed by atoms with E-state index in [9.17, 15) is 40.5 Å². The summed E-state index contributed by atoms with van der Waals surface area (Å²) in [5.74, 6) is -0.406. The lowest BCUT2D eigenvalue weighted by Gasteiger charge is -2.42. The minimum Gasteiger partial charge on any atom is -0.457 e. The summed E-state index contributed by atoms with van der Waals surface area (Å²) in [4.78, 5) is 13.0. The molecule has 2 aliphatic heterocycles. The fraction of sp³-hybridized carbons (Fsp3) is 0.750. The SMILES string of the molecule is CC/C=C\C/C=C\C/C=C\C/C=C\CCCOCC(COC1OC(COC2OC(CO)C(O)C(O)C2O)C(O)C(O)C1O)OC(=O)CCCCCCCCC/C=C\C/C=C\CCCCCC. The molecule has 380 valence electrons. The van der Waals surface area contributed by atoms with Gasteiger partial charge < -0.3 is 64.2 Å². The molecule has 11 unspecified atom stereocenters. The third kappa shape index (κ3) is 26.8. The molecule has 2 saturated heterocycles. The Kier molecular flexibility index (Phi) is 35.5. The Balaban J connectivity index is 1.80. The first kappa shape index (κ1) is 59.6. The van der Waals surface area contributed by atoms with Gasteiger partial charge in [-0.3, -0.25) is 4.79 Å². The number of hydrogen-bond donors (Lipinski definition) is 7. The topological polar surface area (TPSA) is 214 Å². The number of hydrogen-bond acceptors (Lipinski definition) is 14. The molecule has 2 aliphatic rings. The average molecular weight is 937 g/mol. The molecule has 0 radical (unpaired) electrons. The van der Waals surface area contributed by atoms with E-state index in [1.165, 1.54) is 44.9 Å². The van der Waals surface area contributed by atoms with Crippen LogP contribution in [0.25, 0.3) is 0 Å². The summed E-state index contributed by atoms with van der Waals surface area (Å²) in [6, 6.07) is 0. The minimum atomic E-state index is -1.72. The lowest BCUT2D eigenvalue weighted by atomic mass is 9.98. The third-order valence-corrected chi connectivity index (χ3v) is 11.4. The second kappa shape index (κ2) is 39.3. The molecule has 0 amide bonds. The molecule has 2 rings (SSSR count). The van der Waals surface area contributed by atoms with Gasteiger partial charge in [0, 0.05) is 13.0 Å². The second-order valence-electron chi connectivity index (χ2n) is 17.3. The Bertz CT molecular complexity index is 1360. The molecule has 0 saturated carbocycles.